The van der Waals surface area contributed by atoms with E-state index in [2.05, 4.69) is 34.1 Å². The van der Waals surface area contributed by atoms with Crippen LogP contribution in [0.15, 0.2) is 6.33 Å². The van der Waals surface area contributed by atoms with Crippen molar-refractivity contribution in [3.8, 4) is 0 Å². The first-order chi connectivity index (χ1) is 11.6. The smallest absolute Gasteiger partial charge is 0.230 e. The molecule has 24 heavy (non-hydrogen) atoms. The number of thiophene rings is 1. The number of hydrogen-bond acceptors (Lipinski definition) is 7. The second-order valence-electron chi connectivity index (χ2n) is 7.05. The van der Waals surface area contributed by atoms with E-state index in [0.29, 0.717) is 6.61 Å². The van der Waals surface area contributed by atoms with Crippen molar-refractivity contribution < 1.29 is 4.74 Å². The van der Waals surface area contributed by atoms with Crippen LogP contribution >= 0.6 is 11.3 Å². The van der Waals surface area contributed by atoms with Crippen molar-refractivity contribution in [1.82, 2.24) is 24.9 Å². The molecule has 3 aromatic rings. The minimum Gasteiger partial charge on any atom is -0.370 e. The van der Waals surface area contributed by atoms with Crippen LogP contribution in [0.5, 0.6) is 0 Å². The van der Waals surface area contributed by atoms with Gasteiger partial charge in [-0.25, -0.2) is 9.97 Å². The molecular formula is C16H20N6OS. The van der Waals surface area contributed by atoms with Crippen LogP contribution in [0.2, 0.25) is 0 Å². The van der Waals surface area contributed by atoms with Gasteiger partial charge in [0.2, 0.25) is 5.95 Å². The van der Waals surface area contributed by atoms with Crippen molar-refractivity contribution in [3.05, 3.63) is 16.8 Å². The lowest BCUT2D eigenvalue weighted by molar-refractivity contribution is -0.0379. The Balaban J connectivity index is 1.75. The van der Waals surface area contributed by atoms with E-state index in [1.54, 1.807) is 17.7 Å². The molecule has 0 radical (unpaired) electrons. The van der Waals surface area contributed by atoms with E-state index >= 15 is 0 Å². The molecule has 2 aliphatic rings. The molecule has 0 spiro atoms. The van der Waals surface area contributed by atoms with Gasteiger partial charge in [0.1, 0.15) is 11.2 Å². The number of rotatable bonds is 1. The normalized spacial score (nSPS) is 20.7. The van der Waals surface area contributed by atoms with Gasteiger partial charge in [-0.2, -0.15) is 9.61 Å². The first kappa shape index (κ1) is 14.6. The Morgan fingerprint density at radius 2 is 2.12 bits per heavy atom. The van der Waals surface area contributed by atoms with Crippen LogP contribution in [-0.2, 0) is 17.8 Å². The summed E-state index contributed by atoms with van der Waals surface area (Å²) in [7, 11) is 0. The molecule has 2 aliphatic heterocycles. The molecule has 1 fully saturated rings. The second-order valence-corrected chi connectivity index (χ2v) is 8.14. The Labute approximate surface area is 143 Å². The van der Waals surface area contributed by atoms with Crippen molar-refractivity contribution in [2.75, 3.05) is 31.1 Å². The van der Waals surface area contributed by atoms with Crippen molar-refractivity contribution in [1.29, 1.82) is 0 Å². The molecule has 3 aromatic heterocycles. The summed E-state index contributed by atoms with van der Waals surface area (Å²) >= 11 is 1.74. The molecule has 1 saturated heterocycles. The lowest BCUT2D eigenvalue weighted by Gasteiger charge is -2.30. The summed E-state index contributed by atoms with van der Waals surface area (Å²) in [5.74, 6) is 0.898. The maximum atomic E-state index is 5.98. The zero-order valence-electron chi connectivity index (χ0n) is 13.9. The van der Waals surface area contributed by atoms with Gasteiger partial charge in [-0.3, -0.25) is 0 Å². The first-order valence-corrected chi connectivity index (χ1v) is 9.18. The predicted molar refractivity (Wildman–Crippen MR) is 93.8 cm³/mol. The molecule has 5 heterocycles. The number of ether oxygens (including phenoxy) is 1. The van der Waals surface area contributed by atoms with Gasteiger partial charge in [0.25, 0.3) is 0 Å². The Kier molecular flexibility index (Phi) is 3.10. The summed E-state index contributed by atoms with van der Waals surface area (Å²) in [5, 5.41) is 9.00. The number of piperazine rings is 1. The SMILES string of the molecule is CC1(C)Cc2c(sc3nc(N4CCNCC4)n4ncnc4c23)CO1. The molecule has 5 rings (SSSR count). The van der Waals surface area contributed by atoms with Crippen LogP contribution < -0.4 is 10.2 Å². The minimum atomic E-state index is -0.144. The number of fused-ring (bicyclic) bond motifs is 5. The van der Waals surface area contributed by atoms with Crippen LogP contribution in [-0.4, -0.2) is 51.4 Å². The van der Waals surface area contributed by atoms with Gasteiger partial charge in [0.05, 0.1) is 17.6 Å². The number of nitrogens with one attached hydrogen (secondary N) is 1. The van der Waals surface area contributed by atoms with Crippen molar-refractivity contribution in [2.45, 2.75) is 32.5 Å². The van der Waals surface area contributed by atoms with Gasteiger partial charge in [0.15, 0.2) is 5.65 Å². The highest BCUT2D eigenvalue weighted by Gasteiger charge is 2.31. The van der Waals surface area contributed by atoms with Gasteiger partial charge >= 0.3 is 0 Å². The Hall–Kier alpha value is -1.77. The third-order valence-corrected chi connectivity index (χ3v) is 5.93. The van der Waals surface area contributed by atoms with E-state index in [-0.39, 0.29) is 5.60 Å². The van der Waals surface area contributed by atoms with Crippen LogP contribution in [0.25, 0.3) is 15.9 Å². The average molecular weight is 344 g/mol. The Morgan fingerprint density at radius 1 is 1.29 bits per heavy atom. The van der Waals surface area contributed by atoms with E-state index in [9.17, 15) is 0 Å². The van der Waals surface area contributed by atoms with Gasteiger partial charge in [-0.15, -0.1) is 11.3 Å². The van der Waals surface area contributed by atoms with Crippen LogP contribution in [0.3, 0.4) is 0 Å². The lowest BCUT2D eigenvalue weighted by Crippen LogP contribution is -2.44. The fourth-order valence-corrected chi connectivity index (χ4v) is 4.71. The lowest BCUT2D eigenvalue weighted by atomic mass is 9.94. The Morgan fingerprint density at radius 3 is 2.96 bits per heavy atom. The fraction of sp³-hybridized carbons (Fsp3) is 0.562. The van der Waals surface area contributed by atoms with E-state index in [0.717, 1.165) is 54.4 Å². The summed E-state index contributed by atoms with van der Waals surface area (Å²) < 4.78 is 7.89. The molecule has 0 atom stereocenters. The molecular weight excluding hydrogens is 324 g/mol. The van der Waals surface area contributed by atoms with Crippen molar-refractivity contribution >= 4 is 33.1 Å². The number of anilines is 1. The summed E-state index contributed by atoms with van der Waals surface area (Å²) in [5.41, 5.74) is 2.11. The number of nitrogens with zero attached hydrogens (tertiary/aromatic N) is 5. The minimum absolute atomic E-state index is 0.144. The van der Waals surface area contributed by atoms with Crippen molar-refractivity contribution in [2.24, 2.45) is 0 Å². The summed E-state index contributed by atoms with van der Waals surface area (Å²) in [6, 6.07) is 0. The van der Waals surface area contributed by atoms with E-state index in [4.69, 9.17) is 9.72 Å². The predicted octanol–water partition coefficient (Wildman–Crippen LogP) is 1.60. The summed E-state index contributed by atoms with van der Waals surface area (Å²) in [6.45, 7) is 8.76. The van der Waals surface area contributed by atoms with Crippen LogP contribution in [0, 0.1) is 0 Å². The standard InChI is InChI=1S/C16H20N6OS/c1-16(2)7-10-11(8-23-16)24-14-12(10)13-18-9-19-22(13)15(20-14)21-5-3-17-4-6-21/h9,17H,3-8H2,1-2H3. The largest absolute Gasteiger partial charge is 0.370 e. The van der Waals surface area contributed by atoms with Gasteiger partial charge in [-0.1, -0.05) is 0 Å². The molecule has 7 nitrogen and oxygen atoms in total. The molecule has 0 aliphatic carbocycles. The van der Waals surface area contributed by atoms with Gasteiger partial charge < -0.3 is 15.0 Å². The quantitative estimate of drug-likeness (QED) is 0.723. The maximum Gasteiger partial charge on any atom is 0.230 e. The number of aromatic nitrogens is 4. The molecule has 0 aromatic carbocycles. The molecule has 0 amide bonds. The molecule has 8 heteroatoms. The molecule has 0 bridgehead atoms. The topological polar surface area (TPSA) is 67.6 Å². The average Bonchev–Trinajstić information content (AvgIpc) is 3.17. The monoisotopic (exact) mass is 344 g/mol. The highest BCUT2D eigenvalue weighted by Crippen LogP contribution is 2.40. The van der Waals surface area contributed by atoms with E-state index in [1.807, 2.05) is 4.52 Å². The maximum absolute atomic E-state index is 5.98. The van der Waals surface area contributed by atoms with Gasteiger partial charge in [0, 0.05) is 37.5 Å². The van der Waals surface area contributed by atoms with Gasteiger partial charge in [-0.05, 0) is 19.4 Å². The van der Waals surface area contributed by atoms with E-state index in [1.165, 1.54) is 10.4 Å². The Bertz CT molecular complexity index is 924. The second kappa shape index (κ2) is 5.11. The third-order valence-electron chi connectivity index (χ3n) is 4.83. The molecule has 0 saturated carbocycles. The van der Waals surface area contributed by atoms with Crippen LogP contribution in [0.1, 0.15) is 24.3 Å². The zero-order chi connectivity index (χ0) is 16.3. The molecule has 1 N–H and O–H groups in total. The zero-order valence-corrected chi connectivity index (χ0v) is 14.7. The van der Waals surface area contributed by atoms with E-state index < -0.39 is 0 Å². The molecule has 0 unspecified atom stereocenters. The number of hydrogen-bond donors (Lipinski definition) is 1. The highest BCUT2D eigenvalue weighted by atomic mass is 32.1. The summed E-state index contributed by atoms with van der Waals surface area (Å²) in [4.78, 5) is 14.2. The summed E-state index contributed by atoms with van der Waals surface area (Å²) in [6.07, 6.45) is 2.52. The highest BCUT2D eigenvalue weighted by molar-refractivity contribution is 7.19. The van der Waals surface area contributed by atoms with Crippen molar-refractivity contribution in [3.63, 3.8) is 0 Å². The third kappa shape index (κ3) is 2.13. The fourth-order valence-electron chi connectivity index (χ4n) is 3.61. The molecule has 126 valence electrons. The first-order valence-electron chi connectivity index (χ1n) is 8.36. The van der Waals surface area contributed by atoms with Crippen LogP contribution in [0.4, 0.5) is 5.95 Å².